The predicted octanol–water partition coefficient (Wildman–Crippen LogP) is 2.98. The summed E-state index contributed by atoms with van der Waals surface area (Å²) in [4.78, 5) is 19.0. The van der Waals surface area contributed by atoms with Gasteiger partial charge in [0.2, 0.25) is 0 Å². The Hall–Kier alpha value is 0.450. The maximum absolute atomic E-state index is 12.7. The van der Waals surface area contributed by atoms with Gasteiger partial charge in [0.1, 0.15) is 0 Å². The molecule has 0 radical (unpaired) electrons. The summed E-state index contributed by atoms with van der Waals surface area (Å²) in [6.07, 6.45) is 0. The molecule has 0 aromatic rings. The zero-order valence-electron chi connectivity index (χ0n) is 12.5. The summed E-state index contributed by atoms with van der Waals surface area (Å²) >= 11 is 0. The minimum Gasteiger partial charge on any atom is -0.323 e. The molecule has 128 valence electrons. The summed E-state index contributed by atoms with van der Waals surface area (Å²) in [6.45, 7) is 5.28. The molecule has 12 heteroatoms. The summed E-state index contributed by atoms with van der Waals surface area (Å²) in [7, 11) is -14.0. The second-order valence-corrected chi connectivity index (χ2v) is 10.8. The topological polar surface area (TPSA) is 129 Å². The van der Waals surface area contributed by atoms with E-state index in [1.54, 1.807) is 0 Å². The van der Waals surface area contributed by atoms with Crippen LogP contribution in [-0.4, -0.2) is 41.4 Å². The van der Waals surface area contributed by atoms with E-state index in [1.807, 2.05) is 0 Å². The monoisotopic (exact) mass is 368 g/mol. The quantitative estimate of drug-likeness (QED) is 0.529. The van der Waals surface area contributed by atoms with E-state index in [2.05, 4.69) is 0 Å². The maximum atomic E-state index is 12.7. The Bertz CT molecular complexity index is 396. The van der Waals surface area contributed by atoms with Gasteiger partial charge in [-0.05, 0) is 27.7 Å². The Kier molecular flexibility index (Phi) is 9.11. The molecule has 0 bridgehead atoms. The SMILES string of the molecule is CCOP(=O)(OCC)C(P(=O)(O)O)P(=O)(OCC)OCC. The third-order valence-corrected chi connectivity index (χ3v) is 11.5. The molecule has 0 fully saturated rings. The molecule has 0 amide bonds. The summed E-state index contributed by atoms with van der Waals surface area (Å²) in [5, 5.41) is -2.31. The van der Waals surface area contributed by atoms with Gasteiger partial charge in [0, 0.05) is 0 Å². The normalized spacial score (nSPS) is 13.9. The fraction of sp³-hybridized carbons (Fsp3) is 1.00. The molecule has 0 aliphatic rings. The molecule has 2 N–H and O–H groups in total. The second-order valence-electron chi connectivity index (χ2n) is 3.69. The number of hydrogen-bond donors (Lipinski definition) is 2. The lowest BCUT2D eigenvalue weighted by Crippen LogP contribution is -2.18. The first kappa shape index (κ1) is 21.4. The molecule has 0 aliphatic carbocycles. The molecule has 0 aliphatic heterocycles. The van der Waals surface area contributed by atoms with Crippen LogP contribution in [0, 0.1) is 0 Å². The molecule has 0 saturated heterocycles. The Morgan fingerprint density at radius 1 is 0.714 bits per heavy atom. The standard InChI is InChI=1S/C9H23O9P3/c1-5-15-20(13,16-6-2)9(19(10,11)12)21(14,17-7-3)18-8-4/h9H,5-8H2,1-4H3,(H2,10,11,12). The van der Waals surface area contributed by atoms with Crippen molar-refractivity contribution in [3.63, 3.8) is 0 Å². The lowest BCUT2D eigenvalue weighted by atomic mass is 10.9. The minimum absolute atomic E-state index is 0.147. The van der Waals surface area contributed by atoms with Gasteiger partial charge in [-0.25, -0.2) is 0 Å². The van der Waals surface area contributed by atoms with Gasteiger partial charge in [-0.15, -0.1) is 0 Å². The van der Waals surface area contributed by atoms with E-state index in [0.29, 0.717) is 0 Å². The molecule has 0 spiro atoms. The van der Waals surface area contributed by atoms with Gasteiger partial charge in [-0.1, -0.05) is 0 Å². The van der Waals surface area contributed by atoms with Crippen molar-refractivity contribution >= 4 is 22.8 Å². The van der Waals surface area contributed by atoms with Crippen LogP contribution in [0.2, 0.25) is 0 Å². The first-order valence-electron chi connectivity index (χ1n) is 6.44. The largest absolute Gasteiger partial charge is 0.358 e. The van der Waals surface area contributed by atoms with Crippen molar-refractivity contribution < 1.29 is 41.6 Å². The lowest BCUT2D eigenvalue weighted by molar-refractivity contribution is 0.199. The van der Waals surface area contributed by atoms with Crippen molar-refractivity contribution in [2.45, 2.75) is 32.8 Å². The van der Waals surface area contributed by atoms with E-state index < -0.39 is 27.9 Å². The molecule has 0 unspecified atom stereocenters. The van der Waals surface area contributed by atoms with Gasteiger partial charge in [0.05, 0.1) is 26.4 Å². The minimum atomic E-state index is -5.16. The molecule has 0 aromatic heterocycles. The van der Waals surface area contributed by atoms with E-state index in [-0.39, 0.29) is 26.4 Å². The first-order valence-corrected chi connectivity index (χ1v) is 11.3. The molecule has 21 heavy (non-hydrogen) atoms. The average molecular weight is 368 g/mol. The highest BCUT2D eigenvalue weighted by Gasteiger charge is 2.60. The van der Waals surface area contributed by atoms with Crippen LogP contribution < -0.4 is 0 Å². The van der Waals surface area contributed by atoms with Crippen LogP contribution >= 0.6 is 22.8 Å². The zero-order valence-corrected chi connectivity index (χ0v) is 15.2. The summed E-state index contributed by atoms with van der Waals surface area (Å²) < 4.78 is 56.8. The fourth-order valence-electron chi connectivity index (χ4n) is 1.60. The van der Waals surface area contributed by atoms with Crippen molar-refractivity contribution in [2.24, 2.45) is 0 Å². The highest BCUT2D eigenvalue weighted by atomic mass is 31.3. The number of rotatable bonds is 11. The van der Waals surface area contributed by atoms with Gasteiger partial charge in [-0.3, -0.25) is 13.7 Å². The van der Waals surface area contributed by atoms with E-state index in [9.17, 15) is 23.5 Å². The average Bonchev–Trinajstić information content (AvgIpc) is 2.27. The fourth-order valence-corrected chi connectivity index (χ4v) is 9.66. The van der Waals surface area contributed by atoms with Gasteiger partial charge in [0.25, 0.3) is 5.14 Å². The Morgan fingerprint density at radius 3 is 1.10 bits per heavy atom. The predicted molar refractivity (Wildman–Crippen MR) is 77.5 cm³/mol. The van der Waals surface area contributed by atoms with Crippen molar-refractivity contribution in [3.05, 3.63) is 0 Å². The zero-order chi connectivity index (χ0) is 16.7. The molecular weight excluding hydrogens is 345 g/mol. The third kappa shape index (κ3) is 5.87. The van der Waals surface area contributed by atoms with Gasteiger partial charge < -0.3 is 27.9 Å². The highest BCUT2D eigenvalue weighted by Crippen LogP contribution is 2.80. The van der Waals surface area contributed by atoms with Crippen molar-refractivity contribution in [2.75, 3.05) is 26.4 Å². The van der Waals surface area contributed by atoms with Crippen molar-refractivity contribution in [1.29, 1.82) is 0 Å². The van der Waals surface area contributed by atoms with Gasteiger partial charge >= 0.3 is 22.8 Å². The molecule has 0 rings (SSSR count). The number of hydrogen-bond acceptors (Lipinski definition) is 7. The van der Waals surface area contributed by atoms with Crippen molar-refractivity contribution in [1.82, 2.24) is 0 Å². The molecule has 0 atom stereocenters. The van der Waals surface area contributed by atoms with Crippen LogP contribution in [0.5, 0.6) is 0 Å². The first-order chi connectivity index (χ1) is 9.61. The highest BCUT2D eigenvalue weighted by molar-refractivity contribution is 7.87. The molecular formula is C9H23O9P3. The molecule has 9 nitrogen and oxygen atoms in total. The summed E-state index contributed by atoms with van der Waals surface area (Å²) in [5.74, 6) is 0. The molecule has 0 heterocycles. The van der Waals surface area contributed by atoms with E-state index in [1.165, 1.54) is 27.7 Å². The third-order valence-electron chi connectivity index (χ3n) is 2.10. The van der Waals surface area contributed by atoms with Crippen LogP contribution in [0.4, 0.5) is 0 Å². The van der Waals surface area contributed by atoms with Crippen LogP contribution in [0.1, 0.15) is 27.7 Å². The van der Waals surface area contributed by atoms with Crippen LogP contribution in [0.3, 0.4) is 0 Å². The second kappa shape index (κ2) is 8.92. The smallest absolute Gasteiger partial charge is 0.323 e. The summed E-state index contributed by atoms with van der Waals surface area (Å²) in [5.41, 5.74) is 0. The van der Waals surface area contributed by atoms with E-state index in [4.69, 9.17) is 18.1 Å². The lowest BCUT2D eigenvalue weighted by Gasteiger charge is -2.31. The van der Waals surface area contributed by atoms with Crippen molar-refractivity contribution in [3.8, 4) is 0 Å². The van der Waals surface area contributed by atoms with E-state index >= 15 is 0 Å². The molecule has 0 aromatic carbocycles. The Morgan fingerprint density at radius 2 is 0.952 bits per heavy atom. The maximum Gasteiger partial charge on any atom is 0.358 e. The van der Waals surface area contributed by atoms with Crippen LogP contribution in [-0.2, 0) is 31.8 Å². The Balaban J connectivity index is 6.02. The van der Waals surface area contributed by atoms with E-state index in [0.717, 1.165) is 0 Å². The van der Waals surface area contributed by atoms with Crippen LogP contribution in [0.25, 0.3) is 0 Å². The van der Waals surface area contributed by atoms with Gasteiger partial charge in [0.15, 0.2) is 0 Å². The van der Waals surface area contributed by atoms with Crippen LogP contribution in [0.15, 0.2) is 0 Å². The Labute approximate surface area is 124 Å². The molecule has 0 saturated carbocycles. The summed E-state index contributed by atoms with van der Waals surface area (Å²) in [6, 6.07) is 0. The van der Waals surface area contributed by atoms with Gasteiger partial charge in [-0.2, -0.15) is 0 Å².